The second-order valence-corrected chi connectivity index (χ2v) is 7.12. The van der Waals surface area contributed by atoms with Gasteiger partial charge in [-0.05, 0) is 42.8 Å². The SMILES string of the molecule is CCCCOc1ccc(C(=O)NCC(=O)N/N=C/c2cc3ccccc3nc2Cl)cc1. The van der Waals surface area contributed by atoms with Crippen LogP contribution >= 0.6 is 11.6 Å². The highest BCUT2D eigenvalue weighted by molar-refractivity contribution is 6.32. The Kier molecular flexibility index (Phi) is 7.95. The fourth-order valence-corrected chi connectivity index (χ4v) is 2.91. The van der Waals surface area contributed by atoms with Gasteiger partial charge in [0.15, 0.2) is 0 Å². The quantitative estimate of drug-likeness (QED) is 0.229. The summed E-state index contributed by atoms with van der Waals surface area (Å²) in [6.45, 7) is 2.52. The average molecular weight is 439 g/mol. The van der Waals surface area contributed by atoms with Crippen molar-refractivity contribution in [2.75, 3.05) is 13.2 Å². The lowest BCUT2D eigenvalue weighted by Crippen LogP contribution is -2.34. The summed E-state index contributed by atoms with van der Waals surface area (Å²) in [6.07, 6.45) is 3.45. The number of halogens is 1. The van der Waals surface area contributed by atoms with Gasteiger partial charge in [0.25, 0.3) is 11.8 Å². The summed E-state index contributed by atoms with van der Waals surface area (Å²) in [5, 5.41) is 7.64. The number of pyridine rings is 1. The van der Waals surface area contributed by atoms with Gasteiger partial charge in [-0.15, -0.1) is 0 Å². The van der Waals surface area contributed by atoms with Crippen LogP contribution in [-0.2, 0) is 4.79 Å². The average Bonchev–Trinajstić information content (AvgIpc) is 2.78. The Bertz CT molecular complexity index is 1080. The van der Waals surface area contributed by atoms with Crippen LogP contribution < -0.4 is 15.5 Å². The lowest BCUT2D eigenvalue weighted by Gasteiger charge is -2.07. The number of nitrogens with one attached hydrogen (secondary N) is 2. The first-order valence-corrected chi connectivity index (χ1v) is 10.3. The van der Waals surface area contributed by atoms with Crippen molar-refractivity contribution in [3.63, 3.8) is 0 Å². The summed E-state index contributed by atoms with van der Waals surface area (Å²) in [5.41, 5.74) is 4.15. The normalized spacial score (nSPS) is 10.9. The number of carbonyl (C=O) groups excluding carboxylic acids is 2. The topological polar surface area (TPSA) is 92.7 Å². The second-order valence-electron chi connectivity index (χ2n) is 6.76. The molecule has 0 aliphatic carbocycles. The van der Waals surface area contributed by atoms with E-state index in [4.69, 9.17) is 16.3 Å². The summed E-state index contributed by atoms with van der Waals surface area (Å²) < 4.78 is 5.57. The molecule has 0 bridgehead atoms. The van der Waals surface area contributed by atoms with Crippen LogP contribution in [0.2, 0.25) is 5.15 Å². The number of carbonyl (C=O) groups is 2. The molecule has 7 nitrogen and oxygen atoms in total. The van der Waals surface area contributed by atoms with E-state index in [2.05, 4.69) is 27.8 Å². The third-order valence-corrected chi connectivity index (χ3v) is 4.69. The molecule has 2 amide bonds. The van der Waals surface area contributed by atoms with Crippen LogP contribution in [0.4, 0.5) is 0 Å². The number of nitrogens with zero attached hydrogens (tertiary/aromatic N) is 2. The van der Waals surface area contributed by atoms with Gasteiger partial charge in [-0.1, -0.05) is 43.1 Å². The highest BCUT2D eigenvalue weighted by Gasteiger charge is 2.08. The zero-order valence-electron chi connectivity index (χ0n) is 17.1. The van der Waals surface area contributed by atoms with Crippen LogP contribution in [0.25, 0.3) is 10.9 Å². The third kappa shape index (κ3) is 6.52. The van der Waals surface area contributed by atoms with Crippen LogP contribution in [0.1, 0.15) is 35.7 Å². The van der Waals surface area contributed by atoms with Crippen LogP contribution in [0, 0.1) is 0 Å². The largest absolute Gasteiger partial charge is 0.494 e. The molecule has 1 aromatic heterocycles. The lowest BCUT2D eigenvalue weighted by atomic mass is 10.2. The molecule has 3 aromatic rings. The Labute approximate surface area is 185 Å². The molecule has 0 aliphatic rings. The van der Waals surface area contributed by atoms with E-state index < -0.39 is 5.91 Å². The first-order valence-electron chi connectivity index (χ1n) is 9.95. The number of hydrogen-bond acceptors (Lipinski definition) is 5. The first-order chi connectivity index (χ1) is 15.1. The van der Waals surface area contributed by atoms with Gasteiger partial charge in [0, 0.05) is 16.5 Å². The van der Waals surface area contributed by atoms with Crippen molar-refractivity contribution >= 4 is 40.5 Å². The predicted molar refractivity (Wildman–Crippen MR) is 122 cm³/mol. The lowest BCUT2D eigenvalue weighted by molar-refractivity contribution is -0.120. The van der Waals surface area contributed by atoms with Gasteiger partial charge < -0.3 is 10.1 Å². The maximum atomic E-state index is 12.2. The Morgan fingerprint density at radius 2 is 1.94 bits per heavy atom. The van der Waals surface area contributed by atoms with Gasteiger partial charge in [0.2, 0.25) is 0 Å². The number of rotatable bonds is 9. The highest BCUT2D eigenvalue weighted by atomic mass is 35.5. The smallest absolute Gasteiger partial charge is 0.259 e. The molecule has 31 heavy (non-hydrogen) atoms. The minimum Gasteiger partial charge on any atom is -0.494 e. The van der Waals surface area contributed by atoms with Gasteiger partial charge in [0.1, 0.15) is 10.9 Å². The molecule has 3 rings (SSSR count). The summed E-state index contributed by atoms with van der Waals surface area (Å²) in [7, 11) is 0. The fourth-order valence-electron chi connectivity index (χ4n) is 2.71. The molecule has 0 atom stereocenters. The number of hydrogen-bond donors (Lipinski definition) is 2. The molecule has 2 aromatic carbocycles. The van der Waals surface area contributed by atoms with Crippen molar-refractivity contribution < 1.29 is 14.3 Å². The van der Waals surface area contributed by atoms with Gasteiger partial charge in [-0.2, -0.15) is 5.10 Å². The van der Waals surface area contributed by atoms with Crippen molar-refractivity contribution in [1.82, 2.24) is 15.7 Å². The van der Waals surface area contributed by atoms with E-state index >= 15 is 0 Å². The number of amides is 2. The van der Waals surface area contributed by atoms with E-state index in [1.807, 2.05) is 30.3 Å². The summed E-state index contributed by atoms with van der Waals surface area (Å²) in [6, 6.07) is 16.2. The number of ether oxygens (including phenoxy) is 1. The van der Waals surface area contributed by atoms with Crippen molar-refractivity contribution in [2.45, 2.75) is 19.8 Å². The first kappa shape index (κ1) is 22.2. The van der Waals surface area contributed by atoms with Crippen molar-refractivity contribution in [3.8, 4) is 5.75 Å². The molecule has 0 saturated carbocycles. The minimum atomic E-state index is -0.464. The maximum absolute atomic E-state index is 12.2. The number of unbranched alkanes of at least 4 members (excludes halogenated alkanes) is 1. The molecule has 0 radical (unpaired) electrons. The number of hydrazone groups is 1. The van der Waals surface area contributed by atoms with Gasteiger partial charge in [0.05, 0.1) is 24.9 Å². The monoisotopic (exact) mass is 438 g/mol. The number of para-hydroxylation sites is 1. The number of fused-ring (bicyclic) bond motifs is 1. The Hall–Kier alpha value is -3.45. The molecule has 2 N–H and O–H groups in total. The Morgan fingerprint density at radius 1 is 1.16 bits per heavy atom. The Morgan fingerprint density at radius 3 is 2.71 bits per heavy atom. The molecule has 0 fully saturated rings. The zero-order chi connectivity index (χ0) is 22.1. The van der Waals surface area contributed by atoms with Crippen LogP contribution in [0.5, 0.6) is 5.75 Å². The molecule has 0 aliphatic heterocycles. The van der Waals surface area contributed by atoms with Crippen molar-refractivity contribution in [1.29, 1.82) is 0 Å². The summed E-state index contributed by atoms with van der Waals surface area (Å²) in [4.78, 5) is 28.4. The van der Waals surface area contributed by atoms with E-state index in [9.17, 15) is 9.59 Å². The predicted octanol–water partition coefficient (Wildman–Crippen LogP) is 3.95. The van der Waals surface area contributed by atoms with Gasteiger partial charge >= 0.3 is 0 Å². The van der Waals surface area contributed by atoms with E-state index in [0.29, 0.717) is 23.5 Å². The fraction of sp³-hybridized carbons (Fsp3) is 0.217. The molecular formula is C23H23ClN4O3. The van der Waals surface area contributed by atoms with Crippen molar-refractivity contribution in [3.05, 3.63) is 70.9 Å². The van der Waals surface area contributed by atoms with Gasteiger partial charge in [-0.25, -0.2) is 10.4 Å². The van der Waals surface area contributed by atoms with E-state index in [-0.39, 0.29) is 17.6 Å². The van der Waals surface area contributed by atoms with Crippen LogP contribution in [-0.4, -0.2) is 36.2 Å². The van der Waals surface area contributed by atoms with Crippen LogP contribution in [0.15, 0.2) is 59.7 Å². The maximum Gasteiger partial charge on any atom is 0.259 e. The molecule has 0 saturated heterocycles. The molecule has 160 valence electrons. The van der Waals surface area contributed by atoms with E-state index in [1.165, 1.54) is 6.21 Å². The molecule has 0 unspecified atom stereocenters. The van der Waals surface area contributed by atoms with Crippen molar-refractivity contribution in [2.24, 2.45) is 5.10 Å². The highest BCUT2D eigenvalue weighted by Crippen LogP contribution is 2.18. The number of aromatic nitrogens is 1. The molecule has 1 heterocycles. The third-order valence-electron chi connectivity index (χ3n) is 4.39. The second kappa shape index (κ2) is 11.1. The standard InChI is InChI=1S/C23H23ClN4O3/c1-2-3-12-31-19-10-8-16(9-11-19)23(30)25-15-21(29)28-26-14-18-13-17-6-4-5-7-20(17)27-22(18)24/h4-11,13-14H,2-3,12,15H2,1H3,(H,25,30)(H,28,29)/b26-14+. The van der Waals surface area contributed by atoms with Gasteiger partial charge in [-0.3, -0.25) is 9.59 Å². The van der Waals surface area contributed by atoms with E-state index in [1.54, 1.807) is 24.3 Å². The van der Waals surface area contributed by atoms with Crippen LogP contribution in [0.3, 0.4) is 0 Å². The molecule has 0 spiro atoms. The minimum absolute atomic E-state index is 0.214. The summed E-state index contributed by atoms with van der Waals surface area (Å²) in [5.74, 6) is -0.117. The summed E-state index contributed by atoms with van der Waals surface area (Å²) >= 11 is 6.15. The number of benzene rings is 2. The van der Waals surface area contributed by atoms with E-state index in [0.717, 1.165) is 23.7 Å². The molecular weight excluding hydrogens is 416 g/mol. The zero-order valence-corrected chi connectivity index (χ0v) is 17.9. The molecule has 8 heteroatoms. The Balaban J connectivity index is 1.47.